The second-order valence-corrected chi connectivity index (χ2v) is 7.59. The normalized spacial score (nSPS) is 11.6. The van der Waals surface area contributed by atoms with Gasteiger partial charge >= 0.3 is 5.97 Å². The third-order valence-corrected chi connectivity index (χ3v) is 5.12. The number of nitrogens with one attached hydrogen (secondary N) is 1. The van der Waals surface area contributed by atoms with Gasteiger partial charge in [-0.1, -0.05) is 0 Å². The number of aliphatic hydroxyl groups excluding tert-OH is 1. The molecule has 142 valence electrons. The van der Waals surface area contributed by atoms with Crippen LogP contribution in [0.4, 0.5) is 5.69 Å². The third kappa shape index (κ3) is 4.56. The molecule has 0 atom stereocenters. The van der Waals surface area contributed by atoms with Gasteiger partial charge in [-0.2, -0.15) is 0 Å². The first-order valence-corrected chi connectivity index (χ1v) is 9.07. The van der Waals surface area contributed by atoms with Crippen molar-refractivity contribution in [1.82, 2.24) is 14.5 Å². The molecule has 0 unspecified atom stereocenters. The number of aliphatic hydroxyl groups is 1. The zero-order chi connectivity index (χ0) is 19.3. The first-order chi connectivity index (χ1) is 12.3. The van der Waals surface area contributed by atoms with E-state index < -0.39 is 16.0 Å². The summed E-state index contributed by atoms with van der Waals surface area (Å²) in [4.78, 5) is 12.4. The summed E-state index contributed by atoms with van der Waals surface area (Å²) in [6, 6.07) is 4.03. The molecule has 0 spiro atoms. The highest BCUT2D eigenvalue weighted by molar-refractivity contribution is 7.89. The Kier molecular flexibility index (Phi) is 6.29. The van der Waals surface area contributed by atoms with Gasteiger partial charge < -0.3 is 19.6 Å². The molecule has 0 bridgehead atoms. The topological polar surface area (TPSA) is 135 Å². The molecular formula is C15H20N4O6S. The van der Waals surface area contributed by atoms with Crippen LogP contribution in [0.2, 0.25) is 0 Å². The molecule has 2 rings (SSSR count). The molecule has 1 aromatic heterocycles. The quantitative estimate of drug-likeness (QED) is 0.620. The first kappa shape index (κ1) is 19.8. The van der Waals surface area contributed by atoms with Crippen molar-refractivity contribution < 1.29 is 27.5 Å². The Morgan fingerprint density at radius 1 is 1.35 bits per heavy atom. The average molecular weight is 384 g/mol. The van der Waals surface area contributed by atoms with Crippen molar-refractivity contribution in [3.8, 4) is 0 Å². The van der Waals surface area contributed by atoms with Crippen molar-refractivity contribution >= 4 is 21.7 Å². The van der Waals surface area contributed by atoms with Crippen LogP contribution in [0, 0.1) is 6.92 Å². The van der Waals surface area contributed by atoms with E-state index in [0.29, 0.717) is 11.6 Å². The van der Waals surface area contributed by atoms with Crippen LogP contribution < -0.4 is 5.32 Å². The molecule has 2 N–H and O–H groups in total. The summed E-state index contributed by atoms with van der Waals surface area (Å²) in [7, 11) is -0.942. The maximum atomic E-state index is 12.4. The van der Waals surface area contributed by atoms with E-state index in [1.165, 1.54) is 32.3 Å². The van der Waals surface area contributed by atoms with Crippen LogP contribution in [0.3, 0.4) is 0 Å². The molecule has 0 aliphatic heterocycles. The fraction of sp³-hybridized carbons (Fsp3) is 0.400. The Morgan fingerprint density at radius 3 is 2.65 bits per heavy atom. The standard InChI is InChI=1S/C15H20N4O6S/c1-10-17-18-14(25-10)9-24-15(21)12-8-11(26(22,23)19(2)3)4-5-13(12)16-6-7-20/h4-5,8,16,20H,6-7,9H2,1-3H3. The van der Waals surface area contributed by atoms with Crippen molar-refractivity contribution in [1.29, 1.82) is 0 Å². The molecule has 0 saturated carbocycles. The number of aromatic nitrogens is 2. The van der Waals surface area contributed by atoms with E-state index in [1.807, 2.05) is 0 Å². The van der Waals surface area contributed by atoms with Crippen LogP contribution in [0.25, 0.3) is 0 Å². The van der Waals surface area contributed by atoms with E-state index in [1.54, 1.807) is 6.92 Å². The van der Waals surface area contributed by atoms with Gasteiger partial charge in [-0.15, -0.1) is 10.2 Å². The summed E-state index contributed by atoms with van der Waals surface area (Å²) in [6.07, 6.45) is 0. The van der Waals surface area contributed by atoms with Crippen molar-refractivity contribution in [3.63, 3.8) is 0 Å². The van der Waals surface area contributed by atoms with Crippen molar-refractivity contribution in [2.24, 2.45) is 0 Å². The number of sulfonamides is 1. The highest BCUT2D eigenvalue weighted by Gasteiger charge is 2.22. The summed E-state index contributed by atoms with van der Waals surface area (Å²) in [5.74, 6) is -0.310. The largest absolute Gasteiger partial charge is 0.452 e. The molecular weight excluding hydrogens is 364 g/mol. The number of rotatable bonds is 8. The minimum absolute atomic E-state index is 0.0117. The van der Waals surface area contributed by atoms with Crippen molar-refractivity contribution in [2.75, 3.05) is 32.6 Å². The summed E-state index contributed by atoms with van der Waals surface area (Å²) in [6.45, 7) is 1.38. The Morgan fingerprint density at radius 2 is 2.08 bits per heavy atom. The number of ether oxygens (including phenoxy) is 1. The predicted octanol–water partition coefficient (Wildman–Crippen LogP) is 0.390. The zero-order valence-corrected chi connectivity index (χ0v) is 15.4. The van der Waals surface area contributed by atoms with E-state index in [2.05, 4.69) is 15.5 Å². The fourth-order valence-electron chi connectivity index (χ4n) is 2.01. The first-order valence-electron chi connectivity index (χ1n) is 7.63. The number of carbonyl (C=O) groups excluding carboxylic acids is 1. The number of anilines is 1. The lowest BCUT2D eigenvalue weighted by molar-refractivity contribution is 0.0437. The maximum Gasteiger partial charge on any atom is 0.340 e. The average Bonchev–Trinajstić information content (AvgIpc) is 3.02. The molecule has 26 heavy (non-hydrogen) atoms. The number of benzene rings is 1. The molecule has 0 aliphatic carbocycles. The van der Waals surface area contributed by atoms with Gasteiger partial charge in [0.05, 0.1) is 17.1 Å². The van der Waals surface area contributed by atoms with Crippen LogP contribution in [-0.2, 0) is 21.4 Å². The maximum absolute atomic E-state index is 12.4. The molecule has 0 fully saturated rings. The van der Waals surface area contributed by atoms with Gasteiger partial charge in [0.2, 0.25) is 15.9 Å². The lowest BCUT2D eigenvalue weighted by atomic mass is 10.2. The van der Waals surface area contributed by atoms with E-state index in [-0.39, 0.29) is 36.1 Å². The molecule has 10 nitrogen and oxygen atoms in total. The van der Waals surface area contributed by atoms with E-state index >= 15 is 0 Å². The van der Waals surface area contributed by atoms with Crippen molar-refractivity contribution in [3.05, 3.63) is 35.5 Å². The molecule has 0 radical (unpaired) electrons. The van der Waals surface area contributed by atoms with Gasteiger partial charge in [0.25, 0.3) is 5.89 Å². The van der Waals surface area contributed by atoms with Gasteiger partial charge in [-0.3, -0.25) is 0 Å². The smallest absolute Gasteiger partial charge is 0.340 e. The van der Waals surface area contributed by atoms with Crippen LogP contribution in [0.5, 0.6) is 0 Å². The lowest BCUT2D eigenvalue weighted by Gasteiger charge is -2.15. The van der Waals surface area contributed by atoms with Crippen LogP contribution in [0.1, 0.15) is 22.1 Å². The van der Waals surface area contributed by atoms with Crippen LogP contribution in [0.15, 0.2) is 27.5 Å². The highest BCUT2D eigenvalue weighted by Crippen LogP contribution is 2.23. The number of hydrogen-bond donors (Lipinski definition) is 2. The summed E-state index contributed by atoms with van der Waals surface area (Å²) in [5, 5.41) is 19.1. The molecule has 1 aromatic carbocycles. The second-order valence-electron chi connectivity index (χ2n) is 5.44. The Labute approximate surface area is 150 Å². The Hall–Kier alpha value is -2.50. The lowest BCUT2D eigenvalue weighted by Crippen LogP contribution is -2.23. The number of esters is 1. The van der Waals surface area contributed by atoms with Gasteiger partial charge in [0.15, 0.2) is 6.61 Å². The van der Waals surface area contributed by atoms with Gasteiger partial charge in [-0.05, 0) is 18.2 Å². The Bertz CT molecular complexity index is 878. The molecule has 0 saturated heterocycles. The van der Waals surface area contributed by atoms with E-state index in [9.17, 15) is 13.2 Å². The second kappa shape index (κ2) is 8.25. The number of aryl methyl sites for hydroxylation is 1. The molecule has 1 heterocycles. The molecule has 0 aliphatic rings. The molecule has 11 heteroatoms. The van der Waals surface area contributed by atoms with E-state index in [4.69, 9.17) is 14.3 Å². The van der Waals surface area contributed by atoms with Gasteiger partial charge in [-0.25, -0.2) is 17.5 Å². The van der Waals surface area contributed by atoms with Crippen molar-refractivity contribution in [2.45, 2.75) is 18.4 Å². The highest BCUT2D eigenvalue weighted by atomic mass is 32.2. The number of hydrogen-bond acceptors (Lipinski definition) is 9. The SMILES string of the molecule is Cc1nnc(COC(=O)c2cc(S(=O)(=O)N(C)C)ccc2NCCO)o1. The zero-order valence-electron chi connectivity index (χ0n) is 14.6. The minimum atomic E-state index is -3.73. The fourth-order valence-corrected chi connectivity index (χ4v) is 2.94. The minimum Gasteiger partial charge on any atom is -0.452 e. The third-order valence-electron chi connectivity index (χ3n) is 3.31. The number of carbonyl (C=O) groups is 1. The van der Waals surface area contributed by atoms with Crippen LogP contribution >= 0.6 is 0 Å². The summed E-state index contributed by atoms with van der Waals surface area (Å²) in [5.41, 5.74) is 0.348. The van der Waals surface area contributed by atoms with E-state index in [0.717, 1.165) is 4.31 Å². The van der Waals surface area contributed by atoms with Gasteiger partial charge in [0.1, 0.15) is 0 Å². The number of nitrogens with zero attached hydrogens (tertiary/aromatic N) is 3. The predicted molar refractivity (Wildman–Crippen MR) is 91.0 cm³/mol. The summed E-state index contributed by atoms with van der Waals surface area (Å²) >= 11 is 0. The monoisotopic (exact) mass is 384 g/mol. The van der Waals surface area contributed by atoms with Crippen LogP contribution in [-0.4, -0.2) is 61.2 Å². The Balaban J connectivity index is 2.30. The van der Waals surface area contributed by atoms with Gasteiger partial charge in [0, 0.05) is 33.3 Å². The molecule has 0 amide bonds. The molecule has 2 aromatic rings. The summed E-state index contributed by atoms with van der Waals surface area (Å²) < 4.78 is 35.9.